The maximum atomic E-state index is 15.3. The van der Waals surface area contributed by atoms with Crippen LogP contribution in [0.25, 0.3) is 0 Å². The summed E-state index contributed by atoms with van der Waals surface area (Å²) in [6.07, 6.45) is 0. The molecule has 0 aromatic heterocycles. The molecular weight excluding hydrogens is 561 g/mol. The van der Waals surface area contributed by atoms with Gasteiger partial charge < -0.3 is 29.5 Å². The smallest absolute Gasteiger partial charge is 0.334 e. The summed E-state index contributed by atoms with van der Waals surface area (Å²) in [5, 5.41) is 32.3. The lowest BCUT2D eigenvalue weighted by Gasteiger charge is -2.45. The summed E-state index contributed by atoms with van der Waals surface area (Å²) in [4.78, 5) is 40.0. The van der Waals surface area contributed by atoms with Crippen molar-refractivity contribution in [1.29, 1.82) is 0 Å². The standard InChI is InChI=1S/C31H38FN3O8/c1-18-26(28(36)37)31(5,22-14-21(35(40)41)10-11-23(22)32)27(29(38)39)19(2)34(18)17-30(3,4)16-33(6)15-20-9-12-24(42-7)25(13-20)43-8/h9-14H,15-17H2,1-8H3,(H,36,37)(H,38,39). The molecule has 11 nitrogen and oxygen atoms in total. The van der Waals surface area contributed by atoms with Gasteiger partial charge in [0.25, 0.3) is 5.69 Å². The van der Waals surface area contributed by atoms with Crippen molar-refractivity contribution >= 4 is 17.6 Å². The number of carboxylic acids is 2. The van der Waals surface area contributed by atoms with Crippen LogP contribution < -0.4 is 9.47 Å². The number of carbonyl (C=O) groups is 2. The van der Waals surface area contributed by atoms with Gasteiger partial charge in [0.15, 0.2) is 11.5 Å². The second-order valence-corrected chi connectivity index (χ2v) is 11.7. The normalized spacial score (nSPS) is 15.2. The number of benzene rings is 2. The minimum Gasteiger partial charge on any atom is -0.493 e. The summed E-state index contributed by atoms with van der Waals surface area (Å²) >= 11 is 0. The Morgan fingerprint density at radius 1 is 1.02 bits per heavy atom. The number of methoxy groups -OCH3 is 2. The Labute approximate surface area is 250 Å². The van der Waals surface area contributed by atoms with Gasteiger partial charge in [-0.05, 0) is 57.0 Å². The van der Waals surface area contributed by atoms with Crippen LogP contribution in [0, 0.1) is 21.3 Å². The van der Waals surface area contributed by atoms with Crippen LogP contribution in [0.5, 0.6) is 11.5 Å². The molecule has 0 atom stereocenters. The van der Waals surface area contributed by atoms with E-state index in [1.54, 1.807) is 33.0 Å². The van der Waals surface area contributed by atoms with Gasteiger partial charge in [-0.25, -0.2) is 14.0 Å². The van der Waals surface area contributed by atoms with E-state index >= 15 is 4.39 Å². The van der Waals surface area contributed by atoms with Crippen molar-refractivity contribution in [3.8, 4) is 11.5 Å². The number of nitrogens with zero attached hydrogens (tertiary/aromatic N) is 3. The number of nitro benzene ring substituents is 1. The van der Waals surface area contributed by atoms with Crippen molar-refractivity contribution in [3.63, 3.8) is 0 Å². The van der Waals surface area contributed by atoms with E-state index in [4.69, 9.17) is 9.47 Å². The Morgan fingerprint density at radius 2 is 1.58 bits per heavy atom. The first-order valence-corrected chi connectivity index (χ1v) is 13.5. The van der Waals surface area contributed by atoms with Crippen LogP contribution in [0.2, 0.25) is 0 Å². The van der Waals surface area contributed by atoms with Crippen LogP contribution in [0.1, 0.15) is 45.7 Å². The fourth-order valence-electron chi connectivity index (χ4n) is 6.18. The topological polar surface area (TPSA) is 143 Å². The van der Waals surface area contributed by atoms with Gasteiger partial charge in [-0.3, -0.25) is 10.1 Å². The number of halogens is 1. The minimum atomic E-state index is -2.02. The molecule has 0 unspecified atom stereocenters. The van der Waals surface area contributed by atoms with E-state index in [1.807, 2.05) is 39.1 Å². The molecule has 0 saturated heterocycles. The van der Waals surface area contributed by atoms with Gasteiger partial charge in [-0.15, -0.1) is 0 Å². The second-order valence-electron chi connectivity index (χ2n) is 11.7. The van der Waals surface area contributed by atoms with Crippen molar-refractivity contribution < 1.29 is 38.6 Å². The van der Waals surface area contributed by atoms with E-state index in [0.29, 0.717) is 24.6 Å². The molecule has 232 valence electrons. The van der Waals surface area contributed by atoms with Gasteiger partial charge in [-0.1, -0.05) is 19.9 Å². The van der Waals surface area contributed by atoms with Crippen molar-refractivity contribution in [3.05, 3.63) is 86.0 Å². The lowest BCUT2D eigenvalue weighted by molar-refractivity contribution is -0.385. The molecule has 0 fully saturated rings. The minimum absolute atomic E-state index is 0.221. The van der Waals surface area contributed by atoms with E-state index in [-0.39, 0.29) is 29.1 Å². The SMILES string of the molecule is COc1ccc(CN(C)CC(C)(C)CN2C(C)=C(C(=O)O)C(C)(c3cc([N+](=O)[O-])ccc3F)C(C(=O)O)=C2C)cc1OC. The Kier molecular flexibility index (Phi) is 9.55. The number of hydrogen-bond donors (Lipinski definition) is 2. The molecule has 0 aliphatic carbocycles. The molecule has 1 aliphatic heterocycles. The van der Waals surface area contributed by atoms with Crippen LogP contribution in [0.3, 0.4) is 0 Å². The van der Waals surface area contributed by atoms with Crippen LogP contribution in [0.15, 0.2) is 58.9 Å². The first-order valence-electron chi connectivity index (χ1n) is 13.5. The van der Waals surface area contributed by atoms with Crippen molar-refractivity contribution in [2.75, 3.05) is 34.4 Å². The average molecular weight is 600 g/mol. The number of carboxylic acid groups (broad SMARTS) is 2. The monoisotopic (exact) mass is 599 g/mol. The lowest BCUT2D eigenvalue weighted by atomic mass is 9.66. The third kappa shape index (κ3) is 6.48. The first-order chi connectivity index (χ1) is 20.0. The number of aliphatic carboxylic acids is 2. The Hall–Kier alpha value is -4.45. The molecule has 2 aromatic rings. The first kappa shape index (κ1) is 33.1. The number of ether oxygens (including phenoxy) is 2. The van der Waals surface area contributed by atoms with Crippen LogP contribution in [-0.2, 0) is 21.5 Å². The Morgan fingerprint density at radius 3 is 2.07 bits per heavy atom. The van der Waals surface area contributed by atoms with Crippen LogP contribution in [-0.4, -0.2) is 71.2 Å². The van der Waals surface area contributed by atoms with Gasteiger partial charge in [0.05, 0.1) is 35.7 Å². The molecule has 43 heavy (non-hydrogen) atoms. The molecule has 1 aliphatic rings. The second kappa shape index (κ2) is 12.4. The average Bonchev–Trinajstić information content (AvgIpc) is 2.90. The molecular formula is C31H38FN3O8. The zero-order valence-electron chi connectivity index (χ0n) is 25.6. The highest BCUT2D eigenvalue weighted by molar-refractivity contribution is 6.00. The highest BCUT2D eigenvalue weighted by Gasteiger charge is 2.50. The molecule has 0 spiro atoms. The fourth-order valence-corrected chi connectivity index (χ4v) is 6.18. The molecule has 0 bridgehead atoms. The number of hydrogen-bond acceptors (Lipinski definition) is 8. The Bertz CT molecular complexity index is 1480. The highest BCUT2D eigenvalue weighted by Crippen LogP contribution is 2.49. The maximum absolute atomic E-state index is 15.3. The number of nitro groups is 1. The van der Waals surface area contributed by atoms with E-state index in [1.165, 1.54) is 6.92 Å². The third-order valence-corrected chi connectivity index (χ3v) is 7.85. The van der Waals surface area contributed by atoms with Gasteiger partial charge in [-0.2, -0.15) is 0 Å². The summed E-state index contributed by atoms with van der Waals surface area (Å²) in [5.74, 6) is -2.63. The number of rotatable bonds is 12. The predicted molar refractivity (Wildman–Crippen MR) is 157 cm³/mol. The zero-order valence-corrected chi connectivity index (χ0v) is 25.6. The molecule has 0 saturated carbocycles. The quantitative estimate of drug-likeness (QED) is 0.247. The Balaban J connectivity index is 2.04. The molecule has 0 amide bonds. The number of allylic oxidation sites excluding steroid dienone is 2. The summed E-state index contributed by atoms with van der Waals surface area (Å²) in [7, 11) is 5.06. The third-order valence-electron chi connectivity index (χ3n) is 7.85. The summed E-state index contributed by atoms with van der Waals surface area (Å²) in [5.41, 5.74) is -2.71. The lowest BCUT2D eigenvalue weighted by Crippen LogP contribution is -2.47. The van der Waals surface area contributed by atoms with Gasteiger partial charge in [0.2, 0.25) is 0 Å². The van der Waals surface area contributed by atoms with E-state index in [9.17, 15) is 29.9 Å². The van der Waals surface area contributed by atoms with Gasteiger partial charge in [0, 0.05) is 48.7 Å². The highest BCUT2D eigenvalue weighted by atomic mass is 19.1. The molecule has 12 heteroatoms. The fraction of sp³-hybridized carbons (Fsp3) is 0.419. The van der Waals surface area contributed by atoms with Crippen molar-refractivity contribution in [2.24, 2.45) is 5.41 Å². The van der Waals surface area contributed by atoms with Crippen molar-refractivity contribution in [2.45, 2.75) is 46.6 Å². The van der Waals surface area contributed by atoms with E-state index in [0.717, 1.165) is 23.8 Å². The maximum Gasteiger partial charge on any atom is 0.334 e. The molecule has 3 rings (SSSR count). The molecule has 1 heterocycles. The predicted octanol–water partition coefficient (Wildman–Crippen LogP) is 5.20. The number of non-ortho nitro benzene ring substituents is 1. The van der Waals surface area contributed by atoms with Crippen LogP contribution >= 0.6 is 0 Å². The summed E-state index contributed by atoms with van der Waals surface area (Å²) in [6.45, 7) is 9.68. The largest absolute Gasteiger partial charge is 0.493 e. The summed E-state index contributed by atoms with van der Waals surface area (Å²) < 4.78 is 26.0. The summed E-state index contributed by atoms with van der Waals surface area (Å²) in [6, 6.07) is 8.36. The molecule has 2 N–H and O–H groups in total. The van der Waals surface area contributed by atoms with Crippen molar-refractivity contribution in [1.82, 2.24) is 9.80 Å². The molecule has 2 aromatic carbocycles. The van der Waals surface area contributed by atoms with E-state index in [2.05, 4.69) is 4.90 Å². The van der Waals surface area contributed by atoms with Crippen LogP contribution in [0.4, 0.5) is 10.1 Å². The zero-order chi connectivity index (χ0) is 32.4. The van der Waals surface area contributed by atoms with Gasteiger partial charge >= 0.3 is 11.9 Å². The van der Waals surface area contributed by atoms with Gasteiger partial charge in [0.1, 0.15) is 5.82 Å². The van der Waals surface area contributed by atoms with E-state index < -0.39 is 44.8 Å². The molecule has 0 radical (unpaired) electrons.